The van der Waals surface area contributed by atoms with E-state index in [-0.39, 0.29) is 24.4 Å². The fourth-order valence-electron chi connectivity index (χ4n) is 2.17. The van der Waals surface area contributed by atoms with Crippen molar-refractivity contribution < 1.29 is 8.42 Å². The fourth-order valence-corrected chi connectivity index (χ4v) is 2.78. The lowest BCUT2D eigenvalue weighted by atomic mass is 9.97. The number of aryl methyl sites for hydroxylation is 2. The van der Waals surface area contributed by atoms with E-state index in [1.807, 2.05) is 0 Å². The molecule has 0 aromatic carbocycles. The second-order valence-corrected chi connectivity index (χ2v) is 6.78. The minimum atomic E-state index is -3.21. The Kier molecular flexibility index (Phi) is 4.36. The number of aromatic nitrogens is 2. The second kappa shape index (κ2) is 5.83. The van der Waals surface area contributed by atoms with Gasteiger partial charge in [-0.3, -0.25) is 4.79 Å². The Bertz CT molecular complexity index is 607. The average molecular weight is 285 g/mol. The first-order valence-electron chi connectivity index (χ1n) is 6.59. The Morgan fingerprint density at radius 3 is 2.84 bits per heavy atom. The fraction of sp³-hybridized carbons (Fsp3) is 0.667. The lowest BCUT2D eigenvalue weighted by Crippen LogP contribution is -2.33. The predicted octanol–water partition coefficient (Wildman–Crippen LogP) is 0.0614. The first-order valence-corrected chi connectivity index (χ1v) is 8.24. The maximum atomic E-state index is 11.8. The van der Waals surface area contributed by atoms with Gasteiger partial charge in [-0.1, -0.05) is 0 Å². The Morgan fingerprint density at radius 2 is 2.11 bits per heavy atom. The zero-order valence-electron chi connectivity index (χ0n) is 11.1. The first kappa shape index (κ1) is 14.2. The number of hydrogen-bond acceptors (Lipinski definition) is 4. The zero-order chi connectivity index (χ0) is 13.9. The first-order chi connectivity index (χ1) is 9.02. The summed E-state index contributed by atoms with van der Waals surface area (Å²) < 4.78 is 26.4. The maximum Gasteiger partial charge on any atom is 0.267 e. The number of hydrogen-bond donors (Lipinski definition) is 1. The molecule has 0 fully saturated rings. The van der Waals surface area contributed by atoms with Crippen LogP contribution in [0.3, 0.4) is 0 Å². The Labute approximate surface area is 112 Å². The van der Waals surface area contributed by atoms with Crippen molar-refractivity contribution >= 4 is 10.0 Å². The van der Waals surface area contributed by atoms with Crippen molar-refractivity contribution in [2.24, 2.45) is 0 Å². The van der Waals surface area contributed by atoms with E-state index in [9.17, 15) is 13.2 Å². The molecule has 1 aromatic heterocycles. The largest absolute Gasteiger partial charge is 0.268 e. The van der Waals surface area contributed by atoms with E-state index < -0.39 is 10.0 Å². The van der Waals surface area contributed by atoms with Crippen LogP contribution in [0.1, 0.15) is 31.0 Å². The molecule has 19 heavy (non-hydrogen) atoms. The van der Waals surface area contributed by atoms with Gasteiger partial charge >= 0.3 is 0 Å². The minimum absolute atomic E-state index is 0.0412. The summed E-state index contributed by atoms with van der Waals surface area (Å²) in [6.07, 6.45) is 4.02. The van der Waals surface area contributed by atoms with Crippen molar-refractivity contribution in [3.63, 3.8) is 0 Å². The van der Waals surface area contributed by atoms with Crippen LogP contribution in [-0.4, -0.2) is 30.5 Å². The number of nitrogens with zero attached hydrogens (tertiary/aromatic N) is 2. The van der Waals surface area contributed by atoms with Crippen LogP contribution in [0.5, 0.6) is 0 Å². The van der Waals surface area contributed by atoms with Gasteiger partial charge < -0.3 is 0 Å². The zero-order valence-corrected chi connectivity index (χ0v) is 11.9. The van der Waals surface area contributed by atoms with Gasteiger partial charge in [-0.2, -0.15) is 5.10 Å². The molecule has 0 spiro atoms. The van der Waals surface area contributed by atoms with Gasteiger partial charge in [-0.15, -0.1) is 0 Å². The van der Waals surface area contributed by atoms with Crippen LogP contribution < -0.4 is 10.3 Å². The topological polar surface area (TPSA) is 81.1 Å². The molecule has 1 aliphatic carbocycles. The van der Waals surface area contributed by atoms with Crippen LogP contribution in [0.2, 0.25) is 0 Å². The maximum absolute atomic E-state index is 11.8. The molecule has 2 rings (SSSR count). The molecule has 6 nitrogen and oxygen atoms in total. The molecule has 0 unspecified atom stereocenters. The Balaban J connectivity index is 2.07. The normalized spacial score (nSPS) is 15.2. The highest BCUT2D eigenvalue weighted by Gasteiger charge is 2.13. The van der Waals surface area contributed by atoms with Crippen molar-refractivity contribution in [1.29, 1.82) is 0 Å². The molecule has 1 aromatic rings. The van der Waals surface area contributed by atoms with Gasteiger partial charge in [-0.25, -0.2) is 17.8 Å². The molecular weight excluding hydrogens is 266 g/mol. The van der Waals surface area contributed by atoms with Gasteiger partial charge in [0, 0.05) is 12.6 Å². The van der Waals surface area contributed by atoms with Crippen molar-refractivity contribution in [1.82, 2.24) is 14.5 Å². The van der Waals surface area contributed by atoms with Crippen LogP contribution in [0.15, 0.2) is 10.9 Å². The molecule has 0 bridgehead atoms. The molecule has 1 aliphatic rings. The molecule has 0 atom stereocenters. The van der Waals surface area contributed by atoms with Crippen molar-refractivity contribution in [3.05, 3.63) is 27.7 Å². The van der Waals surface area contributed by atoms with E-state index in [0.717, 1.165) is 36.9 Å². The van der Waals surface area contributed by atoms with E-state index in [0.29, 0.717) is 0 Å². The molecule has 0 saturated carbocycles. The van der Waals surface area contributed by atoms with Gasteiger partial charge in [0.25, 0.3) is 5.56 Å². The SMILES string of the molecule is CCS(=O)(=O)NCCn1nc2c(cc1=O)CCCC2. The van der Waals surface area contributed by atoms with Crippen molar-refractivity contribution in [3.8, 4) is 0 Å². The number of rotatable bonds is 5. The van der Waals surface area contributed by atoms with Gasteiger partial charge in [0.1, 0.15) is 0 Å². The van der Waals surface area contributed by atoms with Crippen molar-refractivity contribution in [2.75, 3.05) is 12.3 Å². The predicted molar refractivity (Wildman–Crippen MR) is 72.6 cm³/mol. The average Bonchev–Trinajstić information content (AvgIpc) is 2.39. The second-order valence-electron chi connectivity index (χ2n) is 4.68. The summed E-state index contributed by atoms with van der Waals surface area (Å²) in [6.45, 7) is 2.04. The molecule has 0 radical (unpaired) electrons. The number of nitrogens with one attached hydrogen (secondary N) is 1. The highest BCUT2D eigenvalue weighted by molar-refractivity contribution is 7.89. The molecule has 7 heteroatoms. The molecule has 1 heterocycles. The highest BCUT2D eigenvalue weighted by atomic mass is 32.2. The summed E-state index contributed by atoms with van der Waals surface area (Å²) in [5.41, 5.74) is 1.86. The molecule has 0 amide bonds. The smallest absolute Gasteiger partial charge is 0.267 e. The molecule has 1 N–H and O–H groups in total. The third-order valence-electron chi connectivity index (χ3n) is 3.30. The highest BCUT2D eigenvalue weighted by Crippen LogP contribution is 2.16. The summed E-state index contributed by atoms with van der Waals surface area (Å²) in [5, 5.41) is 4.33. The summed E-state index contributed by atoms with van der Waals surface area (Å²) in [7, 11) is -3.21. The Morgan fingerprint density at radius 1 is 1.37 bits per heavy atom. The van der Waals surface area contributed by atoms with Gasteiger partial charge in [0.15, 0.2) is 0 Å². The third-order valence-corrected chi connectivity index (χ3v) is 4.70. The van der Waals surface area contributed by atoms with Crippen LogP contribution in [0.4, 0.5) is 0 Å². The quantitative estimate of drug-likeness (QED) is 0.829. The van der Waals surface area contributed by atoms with E-state index in [4.69, 9.17) is 0 Å². The molecular formula is C12H19N3O3S. The van der Waals surface area contributed by atoms with E-state index in [2.05, 4.69) is 9.82 Å². The molecule has 0 saturated heterocycles. The third kappa shape index (κ3) is 3.63. The van der Waals surface area contributed by atoms with Gasteiger partial charge in [-0.05, 0) is 38.2 Å². The van der Waals surface area contributed by atoms with Gasteiger partial charge in [0.2, 0.25) is 10.0 Å². The van der Waals surface area contributed by atoms with Gasteiger partial charge in [0.05, 0.1) is 18.0 Å². The van der Waals surface area contributed by atoms with E-state index >= 15 is 0 Å². The van der Waals surface area contributed by atoms with Crippen LogP contribution in [0, 0.1) is 0 Å². The van der Waals surface area contributed by atoms with Crippen LogP contribution >= 0.6 is 0 Å². The molecule has 0 aliphatic heterocycles. The lowest BCUT2D eigenvalue weighted by molar-refractivity contribution is 0.526. The number of sulfonamides is 1. The molecule has 106 valence electrons. The standard InChI is InChI=1S/C12H19N3O3S/c1-2-19(17,18)13-7-8-15-12(16)9-10-5-3-4-6-11(10)14-15/h9,13H,2-8H2,1H3. The summed E-state index contributed by atoms with van der Waals surface area (Å²) in [5.74, 6) is 0.0412. The lowest BCUT2D eigenvalue weighted by Gasteiger charge is -2.15. The van der Waals surface area contributed by atoms with Crippen molar-refractivity contribution in [2.45, 2.75) is 39.2 Å². The summed E-state index contributed by atoms with van der Waals surface area (Å²) >= 11 is 0. The Hall–Kier alpha value is -1.21. The monoisotopic (exact) mass is 285 g/mol. The minimum Gasteiger partial charge on any atom is -0.268 e. The van der Waals surface area contributed by atoms with Crippen LogP contribution in [-0.2, 0) is 29.4 Å². The van der Waals surface area contributed by atoms with Crippen LogP contribution in [0.25, 0.3) is 0 Å². The number of fused-ring (bicyclic) bond motifs is 1. The summed E-state index contributed by atoms with van der Waals surface area (Å²) in [4.78, 5) is 11.8. The van der Waals surface area contributed by atoms with E-state index in [1.54, 1.807) is 13.0 Å². The van der Waals surface area contributed by atoms with E-state index in [1.165, 1.54) is 4.68 Å². The summed E-state index contributed by atoms with van der Waals surface area (Å²) in [6, 6.07) is 1.63.